The standard InChI is InChI=1S/C26H35N3O3Si/c1-6-21(18-19-25(30)31-7-2)24(28-29-27)20-32-33(26(3,4)5,22-14-10-8-11-15-22)23-16-12-9-13-17-23/h8-19,21,24H,6-7,20H2,1-5H3/b19-18+/t21-,24-/m1/s1. The average molecular weight is 466 g/mol. The summed E-state index contributed by atoms with van der Waals surface area (Å²) in [5.41, 5.74) is 9.26. The lowest BCUT2D eigenvalue weighted by Crippen LogP contribution is -2.67. The number of benzene rings is 2. The molecule has 0 N–H and O–H groups in total. The normalized spacial score (nSPS) is 13.8. The lowest BCUT2D eigenvalue weighted by atomic mass is 9.97. The van der Waals surface area contributed by atoms with E-state index in [0.717, 1.165) is 0 Å². The fourth-order valence-corrected chi connectivity index (χ4v) is 8.79. The van der Waals surface area contributed by atoms with Gasteiger partial charge in [-0.2, -0.15) is 0 Å². The maximum atomic E-state index is 11.8. The van der Waals surface area contributed by atoms with Gasteiger partial charge in [0.15, 0.2) is 0 Å². The topological polar surface area (TPSA) is 84.3 Å². The van der Waals surface area contributed by atoms with E-state index in [1.54, 1.807) is 13.0 Å². The second kappa shape index (κ2) is 12.4. The van der Waals surface area contributed by atoms with E-state index >= 15 is 0 Å². The molecule has 176 valence electrons. The third-order valence-corrected chi connectivity index (χ3v) is 10.8. The first-order valence-corrected chi connectivity index (χ1v) is 13.3. The molecule has 0 radical (unpaired) electrons. The minimum Gasteiger partial charge on any atom is -0.463 e. The van der Waals surface area contributed by atoms with Crippen LogP contribution in [0.2, 0.25) is 5.04 Å². The number of rotatable bonds is 11. The monoisotopic (exact) mass is 465 g/mol. The second-order valence-corrected chi connectivity index (χ2v) is 13.2. The quantitative estimate of drug-likeness (QED) is 0.111. The fourth-order valence-electron chi connectivity index (χ4n) is 4.21. The van der Waals surface area contributed by atoms with Crippen molar-refractivity contribution in [3.05, 3.63) is 83.3 Å². The molecule has 0 aromatic heterocycles. The number of ether oxygens (including phenoxy) is 1. The molecule has 0 spiro atoms. The van der Waals surface area contributed by atoms with Gasteiger partial charge in [-0.1, -0.05) is 99.5 Å². The smallest absolute Gasteiger partial charge is 0.330 e. The number of hydrogen-bond acceptors (Lipinski definition) is 4. The van der Waals surface area contributed by atoms with E-state index in [-0.39, 0.29) is 17.6 Å². The third-order valence-electron chi connectivity index (χ3n) is 5.82. The van der Waals surface area contributed by atoms with Gasteiger partial charge in [-0.15, -0.1) is 0 Å². The van der Waals surface area contributed by atoms with Gasteiger partial charge < -0.3 is 9.16 Å². The van der Waals surface area contributed by atoms with Gasteiger partial charge in [0.2, 0.25) is 0 Å². The van der Waals surface area contributed by atoms with Crippen molar-refractivity contribution in [1.29, 1.82) is 0 Å². The predicted molar refractivity (Wildman–Crippen MR) is 136 cm³/mol. The van der Waals surface area contributed by atoms with Crippen molar-refractivity contribution in [3.63, 3.8) is 0 Å². The Morgan fingerprint density at radius 2 is 1.61 bits per heavy atom. The Morgan fingerprint density at radius 3 is 2.03 bits per heavy atom. The van der Waals surface area contributed by atoms with Crippen molar-refractivity contribution >= 4 is 24.7 Å². The molecule has 0 unspecified atom stereocenters. The van der Waals surface area contributed by atoms with Gasteiger partial charge in [-0.05, 0) is 40.2 Å². The number of nitrogens with zero attached hydrogens (tertiary/aromatic N) is 3. The van der Waals surface area contributed by atoms with Crippen LogP contribution in [0.3, 0.4) is 0 Å². The Kier molecular flexibility index (Phi) is 9.91. The molecular weight excluding hydrogens is 430 g/mol. The summed E-state index contributed by atoms with van der Waals surface area (Å²) >= 11 is 0. The summed E-state index contributed by atoms with van der Waals surface area (Å²) in [6.07, 6.45) is 3.89. The van der Waals surface area contributed by atoms with Gasteiger partial charge in [-0.25, -0.2) is 4.79 Å². The Balaban J connectivity index is 2.48. The van der Waals surface area contributed by atoms with Crippen LogP contribution in [0.4, 0.5) is 0 Å². The highest BCUT2D eigenvalue weighted by Gasteiger charge is 2.50. The molecule has 0 aliphatic heterocycles. The molecule has 7 heteroatoms. The van der Waals surface area contributed by atoms with Crippen molar-refractivity contribution in [3.8, 4) is 0 Å². The van der Waals surface area contributed by atoms with Crippen molar-refractivity contribution < 1.29 is 14.0 Å². The van der Waals surface area contributed by atoms with E-state index in [1.807, 2.05) is 43.3 Å². The highest BCUT2D eigenvalue weighted by atomic mass is 28.4. The zero-order chi connectivity index (χ0) is 24.3. The molecule has 0 aliphatic rings. The summed E-state index contributed by atoms with van der Waals surface area (Å²) in [4.78, 5) is 14.9. The summed E-state index contributed by atoms with van der Waals surface area (Å²) in [6.45, 7) is 11.0. The predicted octanol–water partition coefficient (Wildman–Crippen LogP) is 5.39. The van der Waals surface area contributed by atoms with E-state index in [2.05, 4.69) is 55.1 Å². The van der Waals surface area contributed by atoms with Gasteiger partial charge >= 0.3 is 5.97 Å². The molecule has 0 saturated carbocycles. The zero-order valence-electron chi connectivity index (χ0n) is 20.3. The summed E-state index contributed by atoms with van der Waals surface area (Å²) in [7, 11) is -2.76. The maximum Gasteiger partial charge on any atom is 0.330 e. The van der Waals surface area contributed by atoms with Crippen LogP contribution < -0.4 is 10.4 Å². The number of carbonyl (C=O) groups excluding carboxylic acids is 1. The highest BCUT2D eigenvalue weighted by molar-refractivity contribution is 6.99. The van der Waals surface area contributed by atoms with Crippen molar-refractivity contribution in [2.24, 2.45) is 11.0 Å². The third kappa shape index (κ3) is 6.57. The number of carbonyl (C=O) groups is 1. The molecule has 2 aromatic carbocycles. The molecule has 0 aliphatic carbocycles. The maximum absolute atomic E-state index is 11.8. The Morgan fingerprint density at radius 1 is 1.06 bits per heavy atom. The Hall–Kier alpha value is -2.86. The first kappa shape index (κ1) is 26.4. The van der Waals surface area contributed by atoms with Crippen LogP contribution in [-0.2, 0) is 14.0 Å². The molecular formula is C26H35N3O3Si. The minimum atomic E-state index is -2.76. The van der Waals surface area contributed by atoms with Crippen LogP contribution >= 0.6 is 0 Å². The van der Waals surface area contributed by atoms with Crippen LogP contribution in [0.1, 0.15) is 41.0 Å². The number of hydrogen-bond donors (Lipinski definition) is 0. The van der Waals surface area contributed by atoms with Crippen molar-refractivity contribution in [1.82, 2.24) is 0 Å². The first-order valence-electron chi connectivity index (χ1n) is 11.4. The lowest BCUT2D eigenvalue weighted by Gasteiger charge is -2.43. The van der Waals surface area contributed by atoms with Crippen LogP contribution in [0.15, 0.2) is 77.9 Å². The van der Waals surface area contributed by atoms with E-state index in [4.69, 9.17) is 9.16 Å². The molecule has 33 heavy (non-hydrogen) atoms. The van der Waals surface area contributed by atoms with E-state index in [9.17, 15) is 10.3 Å². The summed E-state index contributed by atoms with van der Waals surface area (Å²) in [6, 6.07) is 20.2. The van der Waals surface area contributed by atoms with Gasteiger partial charge in [0.25, 0.3) is 8.32 Å². The number of esters is 1. The molecule has 2 rings (SSSR count). The van der Waals surface area contributed by atoms with Crippen LogP contribution in [0.25, 0.3) is 10.4 Å². The molecule has 2 atom stereocenters. The zero-order valence-corrected chi connectivity index (χ0v) is 21.3. The largest absolute Gasteiger partial charge is 0.463 e. The molecule has 2 aromatic rings. The van der Waals surface area contributed by atoms with Gasteiger partial charge in [0.05, 0.1) is 12.6 Å². The van der Waals surface area contributed by atoms with Crippen LogP contribution in [0, 0.1) is 5.92 Å². The molecule has 0 saturated heterocycles. The molecule has 0 amide bonds. The molecule has 0 fully saturated rings. The molecule has 0 heterocycles. The van der Waals surface area contributed by atoms with Crippen molar-refractivity contribution in [2.75, 3.05) is 13.2 Å². The van der Waals surface area contributed by atoms with Crippen molar-refractivity contribution in [2.45, 2.75) is 52.1 Å². The summed E-state index contributed by atoms with van der Waals surface area (Å²) in [5, 5.41) is 6.22. The highest BCUT2D eigenvalue weighted by Crippen LogP contribution is 2.37. The van der Waals surface area contributed by atoms with Crippen LogP contribution in [0.5, 0.6) is 0 Å². The fraction of sp³-hybridized carbons (Fsp3) is 0.423. The Labute approximate surface area is 198 Å². The summed E-state index contributed by atoms with van der Waals surface area (Å²) in [5.74, 6) is -0.549. The van der Waals surface area contributed by atoms with E-state index < -0.39 is 20.3 Å². The SMILES string of the molecule is CCOC(=O)/C=C/[C@@H](CC)[C@@H](CO[Si](c1ccccc1)(c1ccccc1)C(C)(C)C)N=[N+]=[N-]. The van der Waals surface area contributed by atoms with Gasteiger partial charge in [-0.3, -0.25) is 0 Å². The molecule has 0 bridgehead atoms. The second-order valence-electron chi connectivity index (χ2n) is 8.93. The summed E-state index contributed by atoms with van der Waals surface area (Å²) < 4.78 is 11.9. The number of azide groups is 1. The molecule has 6 nitrogen and oxygen atoms in total. The van der Waals surface area contributed by atoms with Gasteiger partial charge in [0.1, 0.15) is 0 Å². The first-order chi connectivity index (χ1) is 15.8. The van der Waals surface area contributed by atoms with Crippen LogP contribution in [-0.4, -0.2) is 33.5 Å². The lowest BCUT2D eigenvalue weighted by molar-refractivity contribution is -0.137. The Bertz CT molecular complexity index is 912. The van der Waals surface area contributed by atoms with E-state index in [0.29, 0.717) is 13.0 Å². The average Bonchev–Trinajstić information content (AvgIpc) is 2.80. The van der Waals surface area contributed by atoms with E-state index in [1.165, 1.54) is 16.4 Å². The van der Waals surface area contributed by atoms with Gasteiger partial charge in [0, 0.05) is 17.6 Å². The minimum absolute atomic E-state index is 0.150.